The summed E-state index contributed by atoms with van der Waals surface area (Å²) in [5, 5.41) is 14.4. The maximum atomic E-state index is 10.8. The van der Waals surface area contributed by atoms with Gasteiger partial charge in [-0.05, 0) is 115 Å². The van der Waals surface area contributed by atoms with Crippen LogP contribution in [0.25, 0.3) is 0 Å². The van der Waals surface area contributed by atoms with Gasteiger partial charge in [0.1, 0.15) is 0 Å². The van der Waals surface area contributed by atoms with Crippen LogP contribution in [0.15, 0.2) is 53.1 Å². The number of aliphatic hydroxyl groups is 1. The van der Waals surface area contributed by atoms with Gasteiger partial charge in [-0.25, -0.2) is 0 Å². The number of para-hydroxylation sites is 1. The van der Waals surface area contributed by atoms with Crippen LogP contribution >= 0.6 is 0 Å². The largest absolute Gasteiger partial charge is 0.393 e. The fraction of sp³-hybridized carbons (Fsp3) is 0.688. The smallest absolute Gasteiger partial charge is 0.0594 e. The Balaban J connectivity index is 1.28. The van der Waals surface area contributed by atoms with Crippen LogP contribution in [-0.4, -0.2) is 17.8 Å². The van der Waals surface area contributed by atoms with Crippen LogP contribution in [0.2, 0.25) is 0 Å². The Morgan fingerprint density at radius 2 is 1.76 bits per heavy atom. The molecule has 0 aliphatic heterocycles. The SMILES string of the molecule is C[C@H](CCCNc1ccccc1)[C@H]1CC=C2C3=C(CC[C@@]21C)[C@@]1(C)CC[C@H](O)C(C)(C)[C@@H]1CC3. The lowest BCUT2D eigenvalue weighted by molar-refractivity contribution is -0.0905. The van der Waals surface area contributed by atoms with Crippen molar-refractivity contribution in [1.82, 2.24) is 0 Å². The van der Waals surface area contributed by atoms with Gasteiger partial charge in [-0.15, -0.1) is 0 Å². The van der Waals surface area contributed by atoms with E-state index in [9.17, 15) is 5.11 Å². The maximum Gasteiger partial charge on any atom is 0.0594 e. The van der Waals surface area contributed by atoms with Crippen LogP contribution in [-0.2, 0) is 0 Å². The van der Waals surface area contributed by atoms with E-state index in [1.165, 1.54) is 57.1 Å². The molecule has 2 heteroatoms. The van der Waals surface area contributed by atoms with Crippen molar-refractivity contribution >= 4 is 5.69 Å². The van der Waals surface area contributed by atoms with E-state index in [4.69, 9.17) is 0 Å². The third-order valence-electron chi connectivity index (χ3n) is 11.1. The number of rotatable bonds is 6. The zero-order valence-electron chi connectivity index (χ0n) is 22.3. The van der Waals surface area contributed by atoms with Gasteiger partial charge in [-0.3, -0.25) is 0 Å². The Hall–Kier alpha value is -1.54. The number of hydrogen-bond acceptors (Lipinski definition) is 2. The number of aliphatic hydroxyl groups excluding tert-OH is 1. The van der Waals surface area contributed by atoms with Gasteiger partial charge in [0.2, 0.25) is 0 Å². The van der Waals surface area contributed by atoms with E-state index in [1.807, 2.05) is 0 Å². The zero-order chi connectivity index (χ0) is 24.1. The van der Waals surface area contributed by atoms with Gasteiger partial charge in [0.25, 0.3) is 0 Å². The minimum Gasteiger partial charge on any atom is -0.393 e. The first-order chi connectivity index (χ1) is 16.2. The van der Waals surface area contributed by atoms with Gasteiger partial charge in [0, 0.05) is 12.2 Å². The summed E-state index contributed by atoms with van der Waals surface area (Å²) in [5.74, 6) is 2.15. The fourth-order valence-corrected chi connectivity index (χ4v) is 8.99. The van der Waals surface area contributed by atoms with E-state index in [1.54, 1.807) is 16.7 Å². The van der Waals surface area contributed by atoms with Gasteiger partial charge >= 0.3 is 0 Å². The van der Waals surface area contributed by atoms with Crippen molar-refractivity contribution in [3.8, 4) is 0 Å². The molecule has 0 aromatic heterocycles. The lowest BCUT2D eigenvalue weighted by atomic mass is 9.46. The predicted molar refractivity (Wildman–Crippen MR) is 144 cm³/mol. The summed E-state index contributed by atoms with van der Waals surface area (Å²) in [6.45, 7) is 13.4. The van der Waals surface area contributed by atoms with E-state index in [0.717, 1.165) is 24.8 Å². The topological polar surface area (TPSA) is 32.3 Å². The van der Waals surface area contributed by atoms with E-state index in [2.05, 4.69) is 76.3 Å². The molecule has 5 rings (SSSR count). The number of benzene rings is 1. The quantitative estimate of drug-likeness (QED) is 0.419. The number of allylic oxidation sites excluding steroid dienone is 4. The molecule has 0 amide bonds. The highest BCUT2D eigenvalue weighted by Crippen LogP contribution is 2.66. The lowest BCUT2D eigenvalue weighted by Gasteiger charge is -2.59. The highest BCUT2D eigenvalue weighted by Gasteiger charge is 2.57. The van der Waals surface area contributed by atoms with E-state index in [0.29, 0.717) is 11.3 Å². The second-order valence-corrected chi connectivity index (χ2v) is 13.1. The summed E-state index contributed by atoms with van der Waals surface area (Å²) < 4.78 is 0. The summed E-state index contributed by atoms with van der Waals surface area (Å²) in [5.41, 5.74) is 7.18. The first kappa shape index (κ1) is 24.2. The zero-order valence-corrected chi connectivity index (χ0v) is 22.3. The molecule has 0 heterocycles. The Kier molecular flexibility index (Phi) is 6.28. The first-order valence-electron chi connectivity index (χ1n) is 14.1. The minimum absolute atomic E-state index is 0.0289. The molecular weight excluding hydrogens is 414 g/mol. The van der Waals surface area contributed by atoms with Gasteiger partial charge in [0.15, 0.2) is 0 Å². The second kappa shape index (κ2) is 8.84. The third-order valence-corrected chi connectivity index (χ3v) is 11.1. The lowest BCUT2D eigenvalue weighted by Crippen LogP contribution is -2.53. The van der Waals surface area contributed by atoms with Gasteiger partial charge in [-0.2, -0.15) is 0 Å². The summed E-state index contributed by atoms with van der Waals surface area (Å²) in [7, 11) is 0. The van der Waals surface area contributed by atoms with E-state index < -0.39 is 0 Å². The van der Waals surface area contributed by atoms with E-state index in [-0.39, 0.29) is 16.9 Å². The maximum absolute atomic E-state index is 10.8. The molecule has 1 fully saturated rings. The van der Waals surface area contributed by atoms with Crippen LogP contribution in [0.4, 0.5) is 5.69 Å². The molecule has 186 valence electrons. The molecule has 1 aromatic carbocycles. The van der Waals surface area contributed by atoms with Crippen molar-refractivity contribution < 1.29 is 5.11 Å². The molecule has 0 spiro atoms. The molecule has 2 nitrogen and oxygen atoms in total. The molecule has 0 saturated heterocycles. The first-order valence-corrected chi connectivity index (χ1v) is 14.1. The second-order valence-electron chi connectivity index (χ2n) is 13.1. The Morgan fingerprint density at radius 1 is 1.00 bits per heavy atom. The van der Waals surface area contributed by atoms with Crippen LogP contribution in [0.1, 0.15) is 92.4 Å². The summed E-state index contributed by atoms with van der Waals surface area (Å²) >= 11 is 0. The monoisotopic (exact) mass is 461 g/mol. The highest BCUT2D eigenvalue weighted by atomic mass is 16.3. The predicted octanol–water partition coefficient (Wildman–Crippen LogP) is 8.16. The molecule has 0 unspecified atom stereocenters. The standard InChI is InChI=1S/C32H47NO/c1-22(10-9-21-33-23-11-7-6-8-12-23)25-14-15-26-24-13-16-28-30(2,3)29(34)18-20-32(28,5)27(24)17-19-31(25,26)4/h6-8,11-12,15,22,25,28-29,33-34H,9-10,13-14,16-21H2,1-5H3/t22-,25-,28+,29+,31-,32-/m1/s1. The van der Waals surface area contributed by atoms with Crippen LogP contribution < -0.4 is 5.32 Å². The molecule has 0 radical (unpaired) electrons. The summed E-state index contributed by atoms with van der Waals surface area (Å²) in [6, 6.07) is 10.6. The molecular formula is C32H47NO. The average Bonchev–Trinajstić information content (AvgIpc) is 3.17. The van der Waals surface area contributed by atoms with Crippen LogP contribution in [0, 0.1) is 34.0 Å². The highest BCUT2D eigenvalue weighted by molar-refractivity contribution is 5.50. The van der Waals surface area contributed by atoms with Crippen molar-refractivity contribution in [2.24, 2.45) is 34.0 Å². The van der Waals surface area contributed by atoms with Crippen molar-refractivity contribution in [1.29, 1.82) is 0 Å². The molecule has 1 aromatic rings. The molecule has 6 atom stereocenters. The van der Waals surface area contributed by atoms with Crippen LogP contribution in [0.3, 0.4) is 0 Å². The number of nitrogens with one attached hydrogen (secondary N) is 1. The average molecular weight is 462 g/mol. The van der Waals surface area contributed by atoms with E-state index >= 15 is 0 Å². The normalized spacial score (nSPS) is 37.4. The minimum atomic E-state index is -0.145. The third kappa shape index (κ3) is 3.80. The van der Waals surface area contributed by atoms with Gasteiger partial charge in [-0.1, -0.05) is 64.5 Å². The fourth-order valence-electron chi connectivity index (χ4n) is 8.99. The Bertz CT molecular complexity index is 958. The van der Waals surface area contributed by atoms with Crippen molar-refractivity contribution in [3.63, 3.8) is 0 Å². The van der Waals surface area contributed by atoms with Crippen LogP contribution in [0.5, 0.6) is 0 Å². The summed E-state index contributed by atoms with van der Waals surface area (Å²) in [4.78, 5) is 0. The molecule has 2 N–H and O–H groups in total. The number of hydrogen-bond donors (Lipinski definition) is 2. The molecule has 1 saturated carbocycles. The van der Waals surface area contributed by atoms with Crippen molar-refractivity contribution in [2.75, 3.05) is 11.9 Å². The number of fused-ring (bicyclic) bond motifs is 4. The van der Waals surface area contributed by atoms with Crippen molar-refractivity contribution in [2.45, 2.75) is 98.5 Å². The van der Waals surface area contributed by atoms with Gasteiger partial charge in [0.05, 0.1) is 6.10 Å². The molecule has 0 bridgehead atoms. The molecule has 34 heavy (non-hydrogen) atoms. The molecule has 4 aliphatic carbocycles. The Morgan fingerprint density at radius 3 is 2.53 bits per heavy atom. The Labute approximate surface area is 208 Å². The summed E-state index contributed by atoms with van der Waals surface area (Å²) in [6.07, 6.45) is 13.5. The van der Waals surface area contributed by atoms with Gasteiger partial charge < -0.3 is 10.4 Å². The molecule has 4 aliphatic rings. The number of anilines is 1. The van der Waals surface area contributed by atoms with Crippen molar-refractivity contribution in [3.05, 3.63) is 53.1 Å².